The molecule has 1 unspecified atom stereocenters. The van der Waals surface area contributed by atoms with Crippen molar-refractivity contribution in [3.05, 3.63) is 48.2 Å². The number of carbonyl (C=O) groups is 4. The highest BCUT2D eigenvalue weighted by Crippen LogP contribution is 2.53. The first-order valence-electron chi connectivity index (χ1n) is 16.2. The van der Waals surface area contributed by atoms with Crippen molar-refractivity contribution >= 4 is 40.5 Å². The first kappa shape index (κ1) is 33.9. The summed E-state index contributed by atoms with van der Waals surface area (Å²) in [6.45, 7) is 11.7. The monoisotopic (exact) mass is 636 g/mol. The van der Waals surface area contributed by atoms with Crippen LogP contribution in [-0.4, -0.2) is 70.7 Å². The van der Waals surface area contributed by atoms with Crippen LogP contribution in [-0.2, 0) is 33.4 Å². The fraction of sp³-hybridized carbons (Fsp3) is 0.583. The molecule has 4 heterocycles. The van der Waals surface area contributed by atoms with Crippen LogP contribution >= 0.6 is 0 Å². The third kappa shape index (κ3) is 5.90. The quantitative estimate of drug-likeness (QED) is 0.349. The van der Waals surface area contributed by atoms with E-state index in [9.17, 15) is 19.2 Å². The first-order valence-corrected chi connectivity index (χ1v) is 16.2. The Labute approximate surface area is 269 Å². The molecular weight excluding hydrogens is 591 g/mol. The minimum atomic E-state index is -2.95. The van der Waals surface area contributed by atoms with Gasteiger partial charge in [0, 0.05) is 41.3 Å². The van der Waals surface area contributed by atoms with Crippen molar-refractivity contribution in [1.29, 1.82) is 0 Å². The summed E-state index contributed by atoms with van der Waals surface area (Å²) in [5.74, 6) is -5.08. The van der Waals surface area contributed by atoms with Gasteiger partial charge in [0.1, 0.15) is 17.9 Å². The van der Waals surface area contributed by atoms with Crippen LogP contribution in [0.2, 0.25) is 0 Å². The Morgan fingerprint density at radius 1 is 1.04 bits per heavy atom. The molecule has 2 aromatic rings. The third-order valence-electron chi connectivity index (χ3n) is 10.4. The van der Waals surface area contributed by atoms with Gasteiger partial charge in [-0.15, -0.1) is 0 Å². The van der Waals surface area contributed by atoms with Crippen LogP contribution in [0, 0.1) is 23.2 Å². The lowest BCUT2D eigenvalue weighted by atomic mass is 9.62. The van der Waals surface area contributed by atoms with Gasteiger partial charge >= 0.3 is 11.9 Å². The fourth-order valence-electron chi connectivity index (χ4n) is 8.22. The van der Waals surface area contributed by atoms with E-state index in [1.165, 1.54) is 0 Å². The van der Waals surface area contributed by atoms with Crippen molar-refractivity contribution in [1.82, 2.24) is 10.3 Å². The number of hydrogen-bond acceptors (Lipinski definition) is 9. The number of benzene rings is 1. The molecule has 3 saturated heterocycles. The lowest BCUT2D eigenvalue weighted by Crippen LogP contribution is -2.57. The Hall–Kier alpha value is -3.50. The van der Waals surface area contributed by atoms with Crippen molar-refractivity contribution in [2.75, 3.05) is 13.2 Å². The Morgan fingerprint density at radius 2 is 1.72 bits per heavy atom. The highest BCUT2D eigenvalue weighted by Gasteiger charge is 2.69. The Morgan fingerprint density at radius 3 is 2.41 bits per heavy atom. The van der Waals surface area contributed by atoms with Crippen molar-refractivity contribution in [3.8, 4) is 0 Å². The van der Waals surface area contributed by atoms with Gasteiger partial charge in [0.25, 0.3) is 5.67 Å². The highest BCUT2D eigenvalue weighted by molar-refractivity contribution is 6.07. The number of carbonyl (C=O) groups excluding carboxylic acids is 4. The molecule has 0 spiro atoms. The molecule has 1 aromatic heterocycles. The van der Waals surface area contributed by atoms with E-state index in [2.05, 4.69) is 10.3 Å². The minimum absolute atomic E-state index is 0.0686. The van der Waals surface area contributed by atoms with E-state index in [1.807, 2.05) is 63.3 Å². The summed E-state index contributed by atoms with van der Waals surface area (Å²) in [6, 6.07) is 9.03. The van der Waals surface area contributed by atoms with Gasteiger partial charge in [-0.3, -0.25) is 19.4 Å². The smallest absolute Gasteiger partial charge is 0.351 e. The average molecular weight is 637 g/mol. The summed E-state index contributed by atoms with van der Waals surface area (Å²) in [5.41, 5.74) is -4.69. The van der Waals surface area contributed by atoms with E-state index in [-0.39, 0.29) is 38.2 Å². The number of ketones is 2. The number of alkyl halides is 1. The number of cyclic esters (lactones) is 1. The number of para-hydroxylation sites is 1. The number of nitrogens with one attached hydrogen (secondary N) is 1. The standard InChI is InChI=1S/C36H45FN2O7/c1-8-26-36(7)28-27(31(42)46-36)39-20-34(28,5)29(40)21(2)17-33(4,18-22(3)30(41)35(6,37)32(43)45-26)44-15-11-12-23-16-24-13-9-10-14-25(24)38-19-23/h9-14,16,19,21-22,26-28,39H,8,15,17-18,20H2,1-7H3/t21-,22-,26+,27-,28?,33-,34-,35-,36-/m1/s1. The molecule has 0 aliphatic carbocycles. The van der Waals surface area contributed by atoms with Gasteiger partial charge in [0.05, 0.1) is 17.7 Å². The van der Waals surface area contributed by atoms with E-state index in [4.69, 9.17) is 14.2 Å². The molecule has 248 valence electrons. The molecule has 46 heavy (non-hydrogen) atoms. The van der Waals surface area contributed by atoms with E-state index in [0.29, 0.717) is 0 Å². The Balaban J connectivity index is 1.46. The van der Waals surface area contributed by atoms with Crippen LogP contribution in [0.25, 0.3) is 17.0 Å². The molecule has 9 nitrogen and oxygen atoms in total. The Kier molecular flexibility index (Phi) is 9.03. The SMILES string of the molecule is CC[C@@H]1OC(=O)[C@](C)(F)C(=O)[C@H](C)C[C@](C)(OCC=Cc2cnc3ccccc3c2)C[C@@H](C)C(=O)[C@]2(C)CN[C@H]3C(=O)O[C@@]1(C)C32. The summed E-state index contributed by atoms with van der Waals surface area (Å²) in [6.07, 6.45) is 4.91. The highest BCUT2D eigenvalue weighted by atomic mass is 19.1. The van der Waals surface area contributed by atoms with Crippen LogP contribution in [0.5, 0.6) is 0 Å². The van der Waals surface area contributed by atoms with Crippen molar-refractivity contribution in [2.24, 2.45) is 23.2 Å². The zero-order valence-electron chi connectivity index (χ0n) is 27.7. The third-order valence-corrected chi connectivity index (χ3v) is 10.4. The molecule has 0 amide bonds. The Bertz CT molecular complexity index is 1570. The number of esters is 2. The summed E-state index contributed by atoms with van der Waals surface area (Å²) in [4.78, 5) is 58.8. The van der Waals surface area contributed by atoms with Crippen LogP contribution in [0.15, 0.2) is 42.6 Å². The van der Waals surface area contributed by atoms with Gasteiger partial charge in [-0.05, 0) is 57.7 Å². The molecule has 1 N–H and O–H groups in total. The molecular formula is C36H45FN2O7. The van der Waals surface area contributed by atoms with Gasteiger partial charge in [0.2, 0.25) is 0 Å². The topological polar surface area (TPSA) is 121 Å². The largest absolute Gasteiger partial charge is 0.455 e. The van der Waals surface area contributed by atoms with Crippen LogP contribution in [0.4, 0.5) is 4.39 Å². The second-order valence-electron chi connectivity index (χ2n) is 14.2. The number of halogens is 1. The second-order valence-corrected chi connectivity index (χ2v) is 14.2. The molecule has 0 saturated carbocycles. The van der Waals surface area contributed by atoms with E-state index < -0.39 is 69.9 Å². The molecule has 5 rings (SSSR count). The maximum atomic E-state index is 16.1. The average Bonchev–Trinajstić information content (AvgIpc) is 3.52. The number of hydrogen-bond donors (Lipinski definition) is 1. The second kappa shape index (κ2) is 12.3. The summed E-state index contributed by atoms with van der Waals surface area (Å²) in [7, 11) is 0. The van der Waals surface area contributed by atoms with Crippen molar-refractivity contribution in [2.45, 2.75) is 96.7 Å². The molecule has 9 atom stereocenters. The molecule has 3 aliphatic rings. The predicted molar refractivity (Wildman–Crippen MR) is 170 cm³/mol. The number of pyridine rings is 1. The fourth-order valence-corrected chi connectivity index (χ4v) is 8.22. The zero-order valence-corrected chi connectivity index (χ0v) is 27.7. The molecule has 3 aliphatic heterocycles. The number of fused-ring (bicyclic) bond motifs is 1. The van der Waals surface area contributed by atoms with Gasteiger partial charge in [-0.25, -0.2) is 9.18 Å². The molecule has 3 fully saturated rings. The van der Waals surface area contributed by atoms with Crippen molar-refractivity contribution < 1.29 is 37.8 Å². The van der Waals surface area contributed by atoms with Gasteiger partial charge in [-0.1, -0.05) is 58.0 Å². The number of ether oxygens (including phenoxy) is 3. The first-order chi connectivity index (χ1) is 21.6. The summed E-state index contributed by atoms with van der Waals surface area (Å²) >= 11 is 0. The maximum Gasteiger partial charge on any atom is 0.351 e. The molecule has 10 heteroatoms. The van der Waals surface area contributed by atoms with Gasteiger partial charge in [0.15, 0.2) is 11.4 Å². The van der Waals surface area contributed by atoms with Crippen LogP contribution < -0.4 is 5.32 Å². The number of nitrogens with zero attached hydrogens (tertiary/aromatic N) is 1. The van der Waals surface area contributed by atoms with Gasteiger partial charge in [-0.2, -0.15) is 0 Å². The van der Waals surface area contributed by atoms with Gasteiger partial charge < -0.3 is 19.5 Å². The summed E-state index contributed by atoms with van der Waals surface area (Å²) < 4.78 is 34.0. The molecule has 1 aromatic carbocycles. The molecule has 0 bridgehead atoms. The number of aromatic nitrogens is 1. The minimum Gasteiger partial charge on any atom is -0.455 e. The maximum absolute atomic E-state index is 16.1. The zero-order chi connectivity index (χ0) is 33.7. The number of rotatable bonds is 5. The normalized spacial score (nSPS) is 38.9. The van der Waals surface area contributed by atoms with Crippen molar-refractivity contribution in [3.63, 3.8) is 0 Å². The predicted octanol–water partition coefficient (Wildman–Crippen LogP) is 5.19. The lowest BCUT2D eigenvalue weighted by Gasteiger charge is -2.44. The van der Waals surface area contributed by atoms with Crippen LogP contribution in [0.3, 0.4) is 0 Å². The van der Waals surface area contributed by atoms with E-state index in [1.54, 1.807) is 27.0 Å². The van der Waals surface area contributed by atoms with E-state index in [0.717, 1.165) is 23.4 Å². The summed E-state index contributed by atoms with van der Waals surface area (Å²) in [5, 5.41) is 4.18. The van der Waals surface area contributed by atoms with Crippen LogP contribution in [0.1, 0.15) is 73.3 Å². The lowest BCUT2D eigenvalue weighted by molar-refractivity contribution is -0.192. The number of Topliss-reactive ketones (excluding diaryl/α,β-unsaturated/α-hetero) is 2. The molecule has 0 radical (unpaired) electrons. The van der Waals surface area contributed by atoms with E-state index >= 15 is 4.39 Å².